The number of nitrogens with one attached hydrogen (secondary N) is 1. The average Bonchev–Trinajstić information content (AvgIpc) is 2.62. The molecule has 1 aliphatic heterocycles. The summed E-state index contributed by atoms with van der Waals surface area (Å²) in [5.74, 6) is -0.277. The fraction of sp³-hybridized carbons (Fsp3) is 0.300. The van der Waals surface area contributed by atoms with Gasteiger partial charge < -0.3 is 15.3 Å². The standard InChI is InChI=1S/C20H22N2O3/c1-14-7-8-17(18(23)13-14)20(25)22-11-9-15(10-12-22)19(24)21-16-5-3-2-4-6-16/h2-8,13,15,23H,9-12H2,1H3,(H,21,24). The van der Waals surface area contributed by atoms with Crippen LogP contribution < -0.4 is 5.32 Å². The van der Waals surface area contributed by atoms with E-state index in [-0.39, 0.29) is 23.5 Å². The zero-order chi connectivity index (χ0) is 17.8. The number of benzene rings is 2. The minimum Gasteiger partial charge on any atom is -0.507 e. The predicted octanol–water partition coefficient (Wildman–Crippen LogP) is 3.19. The molecule has 1 heterocycles. The third-order valence-corrected chi connectivity index (χ3v) is 4.58. The molecule has 0 aliphatic carbocycles. The van der Waals surface area contributed by atoms with E-state index >= 15 is 0 Å². The zero-order valence-electron chi connectivity index (χ0n) is 14.2. The average molecular weight is 338 g/mol. The summed E-state index contributed by atoms with van der Waals surface area (Å²) < 4.78 is 0. The predicted molar refractivity (Wildman–Crippen MR) is 96.5 cm³/mol. The summed E-state index contributed by atoms with van der Waals surface area (Å²) in [5.41, 5.74) is 2.01. The van der Waals surface area contributed by atoms with E-state index in [4.69, 9.17) is 0 Å². The molecule has 1 fully saturated rings. The molecule has 5 nitrogen and oxygen atoms in total. The third-order valence-electron chi connectivity index (χ3n) is 4.58. The van der Waals surface area contributed by atoms with Gasteiger partial charge in [-0.3, -0.25) is 9.59 Å². The Morgan fingerprint density at radius 2 is 1.76 bits per heavy atom. The molecule has 2 aromatic rings. The van der Waals surface area contributed by atoms with Gasteiger partial charge in [0.2, 0.25) is 5.91 Å². The summed E-state index contributed by atoms with van der Waals surface area (Å²) in [6.45, 7) is 2.89. The summed E-state index contributed by atoms with van der Waals surface area (Å²) in [6.07, 6.45) is 1.24. The van der Waals surface area contributed by atoms with Crippen LogP contribution in [0, 0.1) is 12.8 Å². The number of rotatable bonds is 3. The fourth-order valence-corrected chi connectivity index (χ4v) is 3.10. The molecule has 0 bridgehead atoms. The second-order valence-corrected chi connectivity index (χ2v) is 6.44. The van der Waals surface area contributed by atoms with Crippen molar-refractivity contribution in [1.82, 2.24) is 4.90 Å². The number of phenolic OH excluding ortho intramolecular Hbond substituents is 1. The van der Waals surface area contributed by atoms with Gasteiger partial charge in [0, 0.05) is 24.7 Å². The molecule has 2 N–H and O–H groups in total. The zero-order valence-corrected chi connectivity index (χ0v) is 14.2. The minimum absolute atomic E-state index is 0.00326. The first kappa shape index (κ1) is 17.0. The first-order chi connectivity index (χ1) is 12.0. The van der Waals surface area contributed by atoms with Crippen LogP contribution in [0.15, 0.2) is 48.5 Å². The number of anilines is 1. The molecule has 0 unspecified atom stereocenters. The van der Waals surface area contributed by atoms with Crippen molar-refractivity contribution in [3.63, 3.8) is 0 Å². The molecular weight excluding hydrogens is 316 g/mol. The lowest BCUT2D eigenvalue weighted by Gasteiger charge is -2.31. The molecule has 3 rings (SSSR count). The molecule has 1 aliphatic rings. The number of nitrogens with zero attached hydrogens (tertiary/aromatic N) is 1. The van der Waals surface area contributed by atoms with Crippen LogP contribution in [0.2, 0.25) is 0 Å². The number of carbonyl (C=O) groups excluding carboxylic acids is 2. The fourth-order valence-electron chi connectivity index (χ4n) is 3.10. The third kappa shape index (κ3) is 3.99. The Morgan fingerprint density at radius 1 is 1.08 bits per heavy atom. The number of carbonyl (C=O) groups is 2. The molecule has 2 aromatic carbocycles. The van der Waals surface area contributed by atoms with E-state index in [0.29, 0.717) is 31.5 Å². The van der Waals surface area contributed by atoms with Crippen LogP contribution in [-0.4, -0.2) is 34.9 Å². The number of hydrogen-bond acceptors (Lipinski definition) is 3. The number of para-hydroxylation sites is 1. The van der Waals surface area contributed by atoms with Crippen molar-refractivity contribution in [3.8, 4) is 5.75 Å². The summed E-state index contributed by atoms with van der Waals surface area (Å²) in [7, 11) is 0. The number of aryl methyl sites for hydroxylation is 1. The van der Waals surface area contributed by atoms with Gasteiger partial charge in [-0.1, -0.05) is 24.3 Å². The van der Waals surface area contributed by atoms with Crippen LogP contribution in [0.25, 0.3) is 0 Å². The number of amides is 2. The first-order valence-electron chi connectivity index (χ1n) is 8.49. The second kappa shape index (κ2) is 7.38. The monoisotopic (exact) mass is 338 g/mol. The van der Waals surface area contributed by atoms with Crippen molar-refractivity contribution < 1.29 is 14.7 Å². The molecule has 130 valence electrons. The highest BCUT2D eigenvalue weighted by molar-refractivity contribution is 5.97. The number of piperidine rings is 1. The van der Waals surface area contributed by atoms with Crippen LogP contribution in [0.3, 0.4) is 0 Å². The molecule has 0 radical (unpaired) electrons. The Hall–Kier alpha value is -2.82. The highest BCUT2D eigenvalue weighted by Crippen LogP contribution is 2.24. The summed E-state index contributed by atoms with van der Waals surface area (Å²) >= 11 is 0. The Morgan fingerprint density at radius 3 is 2.40 bits per heavy atom. The van der Waals surface area contributed by atoms with Crippen molar-refractivity contribution in [2.24, 2.45) is 5.92 Å². The van der Waals surface area contributed by atoms with Gasteiger partial charge in [0.1, 0.15) is 5.75 Å². The van der Waals surface area contributed by atoms with Gasteiger partial charge in [-0.05, 0) is 49.6 Å². The Kier molecular flexibility index (Phi) is 5.03. The molecule has 1 saturated heterocycles. The van der Waals surface area contributed by atoms with Crippen molar-refractivity contribution in [2.45, 2.75) is 19.8 Å². The maximum atomic E-state index is 12.6. The Labute approximate surface area is 147 Å². The van der Waals surface area contributed by atoms with Crippen LogP contribution in [0.5, 0.6) is 5.75 Å². The van der Waals surface area contributed by atoms with Crippen molar-refractivity contribution in [2.75, 3.05) is 18.4 Å². The van der Waals surface area contributed by atoms with Gasteiger partial charge in [-0.15, -0.1) is 0 Å². The van der Waals surface area contributed by atoms with Crippen molar-refractivity contribution in [3.05, 3.63) is 59.7 Å². The molecule has 0 atom stereocenters. The highest BCUT2D eigenvalue weighted by Gasteiger charge is 2.28. The molecule has 2 amide bonds. The number of hydrogen-bond donors (Lipinski definition) is 2. The molecule has 0 spiro atoms. The smallest absolute Gasteiger partial charge is 0.257 e. The molecule has 0 saturated carbocycles. The van der Waals surface area contributed by atoms with E-state index in [1.807, 2.05) is 43.3 Å². The van der Waals surface area contributed by atoms with E-state index in [9.17, 15) is 14.7 Å². The van der Waals surface area contributed by atoms with Gasteiger partial charge in [0.15, 0.2) is 0 Å². The number of phenols is 1. The van der Waals surface area contributed by atoms with Gasteiger partial charge in [-0.2, -0.15) is 0 Å². The van der Waals surface area contributed by atoms with Crippen molar-refractivity contribution in [1.29, 1.82) is 0 Å². The minimum atomic E-state index is -0.181. The normalized spacial score (nSPS) is 15.0. The topological polar surface area (TPSA) is 69.6 Å². The Balaban J connectivity index is 1.58. The first-order valence-corrected chi connectivity index (χ1v) is 8.49. The van der Waals surface area contributed by atoms with Crippen LogP contribution >= 0.6 is 0 Å². The molecule has 25 heavy (non-hydrogen) atoms. The van der Waals surface area contributed by atoms with E-state index in [0.717, 1.165) is 11.3 Å². The van der Waals surface area contributed by atoms with Crippen LogP contribution in [-0.2, 0) is 4.79 Å². The van der Waals surface area contributed by atoms with Gasteiger partial charge in [0.25, 0.3) is 5.91 Å². The number of aromatic hydroxyl groups is 1. The maximum absolute atomic E-state index is 12.6. The lowest BCUT2D eigenvalue weighted by atomic mass is 9.95. The van der Waals surface area contributed by atoms with Gasteiger partial charge >= 0.3 is 0 Å². The Bertz CT molecular complexity index is 766. The van der Waals surface area contributed by atoms with Gasteiger partial charge in [0.05, 0.1) is 5.56 Å². The largest absolute Gasteiger partial charge is 0.507 e. The summed E-state index contributed by atoms with van der Waals surface area (Å²) in [6, 6.07) is 14.4. The second-order valence-electron chi connectivity index (χ2n) is 6.44. The van der Waals surface area contributed by atoms with E-state index < -0.39 is 0 Å². The van der Waals surface area contributed by atoms with Gasteiger partial charge in [-0.25, -0.2) is 0 Å². The van der Waals surface area contributed by atoms with E-state index in [1.165, 1.54) is 0 Å². The quantitative estimate of drug-likeness (QED) is 0.903. The van der Waals surface area contributed by atoms with E-state index in [1.54, 1.807) is 17.0 Å². The maximum Gasteiger partial charge on any atom is 0.257 e. The lowest BCUT2D eigenvalue weighted by molar-refractivity contribution is -0.121. The molecule has 0 aromatic heterocycles. The highest BCUT2D eigenvalue weighted by atomic mass is 16.3. The summed E-state index contributed by atoms with van der Waals surface area (Å²) in [4.78, 5) is 26.6. The lowest BCUT2D eigenvalue weighted by Crippen LogP contribution is -2.41. The SMILES string of the molecule is Cc1ccc(C(=O)N2CCC(C(=O)Nc3ccccc3)CC2)c(O)c1. The summed E-state index contributed by atoms with van der Waals surface area (Å²) in [5, 5.41) is 12.9. The number of likely N-dealkylation sites (tertiary alicyclic amines) is 1. The molecule has 5 heteroatoms. The van der Waals surface area contributed by atoms with Crippen LogP contribution in [0.1, 0.15) is 28.8 Å². The van der Waals surface area contributed by atoms with E-state index in [2.05, 4.69) is 5.32 Å². The molecular formula is C20H22N2O3. The van der Waals surface area contributed by atoms with Crippen LogP contribution in [0.4, 0.5) is 5.69 Å². The van der Waals surface area contributed by atoms with Crippen molar-refractivity contribution >= 4 is 17.5 Å².